The van der Waals surface area contributed by atoms with E-state index in [4.69, 9.17) is 16.3 Å². The van der Waals surface area contributed by atoms with Crippen LogP contribution in [0.15, 0.2) is 42.7 Å². The Morgan fingerprint density at radius 3 is 3.00 bits per heavy atom. The van der Waals surface area contributed by atoms with Crippen molar-refractivity contribution in [2.45, 2.75) is 12.6 Å². The second kappa shape index (κ2) is 8.50. The summed E-state index contributed by atoms with van der Waals surface area (Å²) in [4.78, 5) is 6.68. The van der Waals surface area contributed by atoms with Gasteiger partial charge in [-0.25, -0.2) is 0 Å². The van der Waals surface area contributed by atoms with Gasteiger partial charge in [0.05, 0.1) is 7.11 Å². The SMILES string of the molecule is COc1ccc(Cl)c(CN2CCNCC2c2cccnc2)c1.Cl. The number of aromatic nitrogens is 1. The first-order chi connectivity index (χ1) is 10.8. The quantitative estimate of drug-likeness (QED) is 0.914. The summed E-state index contributed by atoms with van der Waals surface area (Å²) < 4.78 is 5.31. The van der Waals surface area contributed by atoms with E-state index in [1.807, 2.05) is 36.7 Å². The average molecular weight is 354 g/mol. The fourth-order valence-electron chi connectivity index (χ4n) is 2.86. The molecule has 0 amide bonds. The van der Waals surface area contributed by atoms with E-state index in [1.54, 1.807) is 7.11 Å². The highest BCUT2D eigenvalue weighted by Gasteiger charge is 2.24. The number of halogens is 2. The summed E-state index contributed by atoms with van der Waals surface area (Å²) in [6, 6.07) is 10.2. The van der Waals surface area contributed by atoms with Crippen LogP contribution in [-0.2, 0) is 6.54 Å². The molecule has 1 aliphatic rings. The average Bonchev–Trinajstić information content (AvgIpc) is 2.58. The predicted molar refractivity (Wildman–Crippen MR) is 95.5 cm³/mol. The number of ether oxygens (including phenoxy) is 1. The normalized spacial score (nSPS) is 18.3. The van der Waals surface area contributed by atoms with Crippen molar-refractivity contribution in [3.8, 4) is 5.75 Å². The lowest BCUT2D eigenvalue weighted by atomic mass is 10.0. The van der Waals surface area contributed by atoms with Gasteiger partial charge in [0.1, 0.15) is 5.75 Å². The Morgan fingerprint density at radius 2 is 2.26 bits per heavy atom. The van der Waals surface area contributed by atoms with Gasteiger partial charge < -0.3 is 10.1 Å². The molecule has 1 fully saturated rings. The minimum absolute atomic E-state index is 0. The van der Waals surface area contributed by atoms with E-state index < -0.39 is 0 Å². The van der Waals surface area contributed by atoms with Gasteiger partial charge in [0.15, 0.2) is 0 Å². The van der Waals surface area contributed by atoms with Crippen LogP contribution >= 0.6 is 24.0 Å². The first kappa shape index (κ1) is 18.0. The van der Waals surface area contributed by atoms with Gasteiger partial charge in [-0.05, 0) is 35.4 Å². The zero-order valence-electron chi connectivity index (χ0n) is 13.0. The van der Waals surface area contributed by atoms with Crippen LogP contribution in [0.5, 0.6) is 5.75 Å². The molecule has 1 saturated heterocycles. The molecule has 2 aromatic rings. The largest absolute Gasteiger partial charge is 0.497 e. The van der Waals surface area contributed by atoms with Gasteiger partial charge in [-0.1, -0.05) is 17.7 Å². The molecule has 2 heterocycles. The summed E-state index contributed by atoms with van der Waals surface area (Å²) in [5.41, 5.74) is 2.32. The Bertz CT molecular complexity index is 624. The van der Waals surface area contributed by atoms with E-state index in [0.717, 1.165) is 42.5 Å². The monoisotopic (exact) mass is 353 g/mol. The summed E-state index contributed by atoms with van der Waals surface area (Å²) in [6.07, 6.45) is 3.75. The smallest absolute Gasteiger partial charge is 0.119 e. The van der Waals surface area contributed by atoms with Crippen LogP contribution in [-0.4, -0.2) is 36.6 Å². The maximum atomic E-state index is 6.36. The molecular weight excluding hydrogens is 333 g/mol. The number of nitrogens with zero attached hydrogens (tertiary/aromatic N) is 2. The van der Waals surface area contributed by atoms with Crippen LogP contribution < -0.4 is 10.1 Å². The molecule has 0 radical (unpaired) electrons. The third-order valence-electron chi connectivity index (χ3n) is 4.05. The van der Waals surface area contributed by atoms with Crippen molar-refractivity contribution >= 4 is 24.0 Å². The molecular formula is C17H21Cl2N3O. The van der Waals surface area contributed by atoms with Crippen molar-refractivity contribution in [2.75, 3.05) is 26.7 Å². The van der Waals surface area contributed by atoms with Gasteiger partial charge in [0, 0.05) is 49.6 Å². The Kier molecular flexibility index (Phi) is 6.66. The summed E-state index contributed by atoms with van der Waals surface area (Å²) in [5.74, 6) is 0.840. The Morgan fingerprint density at radius 1 is 1.39 bits per heavy atom. The maximum absolute atomic E-state index is 6.36. The molecule has 1 N–H and O–H groups in total. The molecule has 1 atom stereocenters. The first-order valence-corrected chi connectivity index (χ1v) is 7.83. The second-order valence-electron chi connectivity index (χ2n) is 5.43. The number of pyridine rings is 1. The van der Waals surface area contributed by atoms with Crippen molar-refractivity contribution < 1.29 is 4.74 Å². The van der Waals surface area contributed by atoms with Gasteiger partial charge in [0.2, 0.25) is 0 Å². The zero-order chi connectivity index (χ0) is 15.4. The molecule has 23 heavy (non-hydrogen) atoms. The lowest BCUT2D eigenvalue weighted by Gasteiger charge is -2.36. The number of methoxy groups -OCH3 is 1. The highest BCUT2D eigenvalue weighted by molar-refractivity contribution is 6.31. The van der Waals surface area contributed by atoms with Gasteiger partial charge in [-0.3, -0.25) is 9.88 Å². The number of nitrogens with one attached hydrogen (secondary N) is 1. The first-order valence-electron chi connectivity index (χ1n) is 7.45. The van der Waals surface area contributed by atoms with Crippen LogP contribution in [0.25, 0.3) is 0 Å². The summed E-state index contributed by atoms with van der Waals surface area (Å²) in [6.45, 7) is 3.69. The van der Waals surface area contributed by atoms with Crippen LogP contribution in [0, 0.1) is 0 Å². The van der Waals surface area contributed by atoms with E-state index in [-0.39, 0.29) is 12.4 Å². The minimum Gasteiger partial charge on any atom is -0.497 e. The molecule has 1 aliphatic heterocycles. The van der Waals surface area contributed by atoms with Gasteiger partial charge in [-0.15, -0.1) is 12.4 Å². The molecule has 0 bridgehead atoms. The molecule has 3 rings (SSSR count). The van der Waals surface area contributed by atoms with Crippen LogP contribution in [0.2, 0.25) is 5.02 Å². The Labute approximate surface area is 148 Å². The molecule has 0 aliphatic carbocycles. The fourth-order valence-corrected chi connectivity index (χ4v) is 3.03. The Balaban J connectivity index is 0.00000192. The minimum atomic E-state index is 0. The third kappa shape index (κ3) is 4.36. The van der Waals surface area contributed by atoms with Crippen molar-refractivity contribution in [3.63, 3.8) is 0 Å². The molecule has 4 nitrogen and oxygen atoms in total. The van der Waals surface area contributed by atoms with Crippen molar-refractivity contribution in [1.82, 2.24) is 15.2 Å². The highest BCUT2D eigenvalue weighted by Crippen LogP contribution is 2.28. The third-order valence-corrected chi connectivity index (χ3v) is 4.42. The number of rotatable bonds is 4. The molecule has 0 spiro atoms. The second-order valence-corrected chi connectivity index (χ2v) is 5.84. The molecule has 1 aromatic heterocycles. The lowest BCUT2D eigenvalue weighted by molar-refractivity contribution is 0.153. The summed E-state index contributed by atoms with van der Waals surface area (Å²) in [7, 11) is 1.68. The van der Waals surface area contributed by atoms with Crippen molar-refractivity contribution in [3.05, 3.63) is 58.9 Å². The van der Waals surface area contributed by atoms with E-state index in [0.29, 0.717) is 6.04 Å². The lowest BCUT2D eigenvalue weighted by Crippen LogP contribution is -2.45. The van der Waals surface area contributed by atoms with Gasteiger partial charge in [-0.2, -0.15) is 0 Å². The molecule has 6 heteroatoms. The highest BCUT2D eigenvalue weighted by atomic mass is 35.5. The zero-order valence-corrected chi connectivity index (χ0v) is 14.6. The van der Waals surface area contributed by atoms with E-state index in [9.17, 15) is 0 Å². The summed E-state index contributed by atoms with van der Waals surface area (Å²) in [5, 5.41) is 4.24. The van der Waals surface area contributed by atoms with Crippen LogP contribution in [0.3, 0.4) is 0 Å². The standard InChI is InChI=1S/C17H20ClN3O.ClH/c1-22-15-4-5-16(18)14(9-15)12-21-8-7-20-11-17(21)13-3-2-6-19-10-13;/h2-6,9-10,17,20H,7-8,11-12H2,1H3;1H. The van der Waals surface area contributed by atoms with Crippen molar-refractivity contribution in [2.24, 2.45) is 0 Å². The maximum Gasteiger partial charge on any atom is 0.119 e. The molecule has 124 valence electrons. The van der Waals surface area contributed by atoms with Crippen molar-refractivity contribution in [1.29, 1.82) is 0 Å². The Hall–Kier alpha value is -1.33. The number of benzene rings is 1. The summed E-state index contributed by atoms with van der Waals surface area (Å²) >= 11 is 6.36. The molecule has 0 saturated carbocycles. The number of piperazine rings is 1. The van der Waals surface area contributed by atoms with Gasteiger partial charge >= 0.3 is 0 Å². The van der Waals surface area contributed by atoms with Crippen LogP contribution in [0.1, 0.15) is 17.2 Å². The molecule has 1 unspecified atom stereocenters. The predicted octanol–water partition coefficient (Wildman–Crippen LogP) is 3.31. The van der Waals surface area contributed by atoms with E-state index >= 15 is 0 Å². The van der Waals surface area contributed by atoms with Crippen LogP contribution in [0.4, 0.5) is 0 Å². The number of hydrogen-bond acceptors (Lipinski definition) is 4. The number of hydrogen-bond donors (Lipinski definition) is 1. The van der Waals surface area contributed by atoms with E-state index in [1.165, 1.54) is 5.56 Å². The topological polar surface area (TPSA) is 37.4 Å². The van der Waals surface area contributed by atoms with Gasteiger partial charge in [0.25, 0.3) is 0 Å². The fraction of sp³-hybridized carbons (Fsp3) is 0.353. The van der Waals surface area contributed by atoms with E-state index in [2.05, 4.69) is 21.3 Å². The molecule has 1 aromatic carbocycles.